The number of piperazine rings is 1. The summed E-state index contributed by atoms with van der Waals surface area (Å²) in [6.07, 6.45) is 0. The van der Waals surface area contributed by atoms with Crippen LogP contribution in [0.4, 0.5) is 0 Å². The highest BCUT2D eigenvalue weighted by atomic mass is 16.5. The number of hydrogen-bond donors (Lipinski definition) is 0. The molecule has 0 bridgehead atoms. The van der Waals surface area contributed by atoms with E-state index in [1.807, 2.05) is 13.8 Å². The fraction of sp³-hybridized carbons (Fsp3) is 0.923. The molecule has 0 saturated carbocycles. The molecule has 1 rings (SSSR count). The van der Waals surface area contributed by atoms with Gasteiger partial charge in [-0.05, 0) is 27.9 Å². The second-order valence-corrected chi connectivity index (χ2v) is 5.11. The van der Waals surface area contributed by atoms with Crippen molar-refractivity contribution in [2.45, 2.75) is 19.9 Å². The largest absolute Gasteiger partial charge is 0.465 e. The second kappa shape index (κ2) is 7.71. The summed E-state index contributed by atoms with van der Waals surface area (Å²) in [5.41, 5.74) is 0. The molecule has 0 radical (unpaired) electrons. The highest BCUT2D eigenvalue weighted by Gasteiger charge is 2.26. The minimum atomic E-state index is -0.110. The molecule has 0 aromatic carbocycles. The minimum absolute atomic E-state index is 0.0979. The van der Waals surface area contributed by atoms with E-state index in [0.717, 1.165) is 39.3 Å². The van der Waals surface area contributed by atoms with Crippen molar-refractivity contribution in [3.8, 4) is 0 Å². The lowest BCUT2D eigenvalue weighted by atomic mass is 10.2. The third-order valence-electron chi connectivity index (χ3n) is 3.45. The van der Waals surface area contributed by atoms with Gasteiger partial charge in [-0.1, -0.05) is 0 Å². The number of carbonyl (C=O) groups is 1. The zero-order chi connectivity index (χ0) is 13.5. The van der Waals surface area contributed by atoms with Crippen LogP contribution in [0, 0.1) is 0 Å². The van der Waals surface area contributed by atoms with Gasteiger partial charge in [0.1, 0.15) is 6.04 Å². The van der Waals surface area contributed by atoms with Crippen LogP contribution in [-0.4, -0.2) is 86.7 Å². The highest BCUT2D eigenvalue weighted by Crippen LogP contribution is 2.07. The summed E-state index contributed by atoms with van der Waals surface area (Å²) in [4.78, 5) is 18.5. The van der Waals surface area contributed by atoms with Crippen LogP contribution in [0.15, 0.2) is 0 Å². The molecule has 1 fully saturated rings. The monoisotopic (exact) mass is 257 g/mol. The maximum Gasteiger partial charge on any atom is 0.323 e. The first-order valence-corrected chi connectivity index (χ1v) is 6.82. The van der Waals surface area contributed by atoms with Crippen molar-refractivity contribution in [3.05, 3.63) is 0 Å². The van der Waals surface area contributed by atoms with E-state index in [4.69, 9.17) is 4.74 Å². The molecule has 1 atom stereocenters. The van der Waals surface area contributed by atoms with Crippen LogP contribution >= 0.6 is 0 Å². The zero-order valence-electron chi connectivity index (χ0n) is 12.2. The molecule has 1 unspecified atom stereocenters. The van der Waals surface area contributed by atoms with Gasteiger partial charge in [0.2, 0.25) is 0 Å². The van der Waals surface area contributed by atoms with Crippen molar-refractivity contribution in [1.29, 1.82) is 0 Å². The summed E-state index contributed by atoms with van der Waals surface area (Å²) in [5, 5.41) is 0. The fourth-order valence-corrected chi connectivity index (χ4v) is 2.13. The molecule has 1 aliphatic rings. The number of ether oxygens (including phenoxy) is 1. The smallest absolute Gasteiger partial charge is 0.323 e. The molecular formula is C13H27N3O2. The van der Waals surface area contributed by atoms with Crippen molar-refractivity contribution in [2.75, 3.05) is 60.0 Å². The Morgan fingerprint density at radius 2 is 1.89 bits per heavy atom. The molecule has 18 heavy (non-hydrogen) atoms. The van der Waals surface area contributed by atoms with Crippen LogP contribution in [-0.2, 0) is 9.53 Å². The topological polar surface area (TPSA) is 36.0 Å². The van der Waals surface area contributed by atoms with Gasteiger partial charge in [-0.15, -0.1) is 0 Å². The molecule has 1 saturated heterocycles. The van der Waals surface area contributed by atoms with E-state index in [0.29, 0.717) is 6.61 Å². The standard InChI is InChI=1S/C13H27N3O2/c1-5-18-13(17)12(2)16-10-8-15(9-11-16)7-6-14(3)4/h12H,5-11H2,1-4H3. The molecule has 0 N–H and O–H groups in total. The van der Waals surface area contributed by atoms with E-state index in [1.54, 1.807) is 0 Å². The van der Waals surface area contributed by atoms with Crippen LogP contribution < -0.4 is 0 Å². The molecular weight excluding hydrogens is 230 g/mol. The number of likely N-dealkylation sites (N-methyl/N-ethyl adjacent to an activating group) is 1. The van der Waals surface area contributed by atoms with Crippen molar-refractivity contribution >= 4 is 5.97 Å². The lowest BCUT2D eigenvalue weighted by Crippen LogP contribution is -2.52. The van der Waals surface area contributed by atoms with Gasteiger partial charge in [0.05, 0.1) is 6.61 Å². The van der Waals surface area contributed by atoms with Gasteiger partial charge in [-0.3, -0.25) is 14.6 Å². The quantitative estimate of drug-likeness (QED) is 0.632. The summed E-state index contributed by atoms with van der Waals surface area (Å²) in [7, 11) is 4.19. The molecule has 0 spiro atoms. The summed E-state index contributed by atoms with van der Waals surface area (Å²) < 4.78 is 5.06. The third kappa shape index (κ3) is 4.92. The van der Waals surface area contributed by atoms with Crippen LogP contribution in [0.3, 0.4) is 0 Å². The predicted molar refractivity (Wildman–Crippen MR) is 72.7 cm³/mol. The van der Waals surface area contributed by atoms with E-state index in [9.17, 15) is 4.79 Å². The predicted octanol–water partition coefficient (Wildman–Crippen LogP) is 0.117. The molecule has 1 aliphatic heterocycles. The van der Waals surface area contributed by atoms with Crippen LogP contribution in [0.5, 0.6) is 0 Å². The Labute approximate surface area is 111 Å². The summed E-state index contributed by atoms with van der Waals surface area (Å²) in [5.74, 6) is -0.0979. The van der Waals surface area contributed by atoms with E-state index in [-0.39, 0.29) is 12.0 Å². The van der Waals surface area contributed by atoms with Crippen molar-refractivity contribution in [2.24, 2.45) is 0 Å². The molecule has 0 aliphatic carbocycles. The average Bonchev–Trinajstić information content (AvgIpc) is 2.36. The first-order chi connectivity index (χ1) is 8.54. The van der Waals surface area contributed by atoms with Crippen LogP contribution in [0.25, 0.3) is 0 Å². The lowest BCUT2D eigenvalue weighted by Gasteiger charge is -2.37. The number of hydrogen-bond acceptors (Lipinski definition) is 5. The zero-order valence-corrected chi connectivity index (χ0v) is 12.2. The van der Waals surface area contributed by atoms with Gasteiger partial charge in [0.25, 0.3) is 0 Å². The highest BCUT2D eigenvalue weighted by molar-refractivity contribution is 5.75. The average molecular weight is 257 g/mol. The van der Waals surface area contributed by atoms with Gasteiger partial charge in [-0.2, -0.15) is 0 Å². The fourth-order valence-electron chi connectivity index (χ4n) is 2.13. The molecule has 0 aromatic rings. The number of esters is 1. The molecule has 1 heterocycles. The molecule has 0 aromatic heterocycles. The first-order valence-electron chi connectivity index (χ1n) is 6.82. The van der Waals surface area contributed by atoms with Crippen LogP contribution in [0.2, 0.25) is 0 Å². The lowest BCUT2D eigenvalue weighted by molar-refractivity contribution is -0.149. The Hall–Kier alpha value is -0.650. The number of carbonyl (C=O) groups excluding carboxylic acids is 1. The van der Waals surface area contributed by atoms with E-state index < -0.39 is 0 Å². The first kappa shape index (κ1) is 15.4. The van der Waals surface area contributed by atoms with Gasteiger partial charge in [-0.25, -0.2) is 0 Å². The Balaban J connectivity index is 2.28. The summed E-state index contributed by atoms with van der Waals surface area (Å²) in [6, 6.07) is -0.110. The maximum atomic E-state index is 11.7. The van der Waals surface area contributed by atoms with Gasteiger partial charge in [0.15, 0.2) is 0 Å². The van der Waals surface area contributed by atoms with E-state index in [1.165, 1.54) is 0 Å². The van der Waals surface area contributed by atoms with Crippen LogP contribution in [0.1, 0.15) is 13.8 Å². The SMILES string of the molecule is CCOC(=O)C(C)N1CCN(CCN(C)C)CC1. The van der Waals surface area contributed by atoms with Gasteiger partial charge >= 0.3 is 5.97 Å². The third-order valence-corrected chi connectivity index (χ3v) is 3.45. The van der Waals surface area contributed by atoms with E-state index in [2.05, 4.69) is 28.8 Å². The second-order valence-electron chi connectivity index (χ2n) is 5.11. The minimum Gasteiger partial charge on any atom is -0.465 e. The molecule has 0 amide bonds. The Bertz CT molecular complexity index is 251. The Morgan fingerprint density at radius 3 is 2.39 bits per heavy atom. The van der Waals surface area contributed by atoms with E-state index >= 15 is 0 Å². The Morgan fingerprint density at radius 1 is 1.28 bits per heavy atom. The van der Waals surface area contributed by atoms with Gasteiger partial charge in [0, 0.05) is 39.3 Å². The van der Waals surface area contributed by atoms with Crippen molar-refractivity contribution in [3.63, 3.8) is 0 Å². The van der Waals surface area contributed by atoms with Gasteiger partial charge < -0.3 is 9.64 Å². The maximum absolute atomic E-state index is 11.7. The van der Waals surface area contributed by atoms with Crippen molar-refractivity contribution in [1.82, 2.24) is 14.7 Å². The number of nitrogens with zero attached hydrogens (tertiary/aromatic N) is 3. The normalized spacial score (nSPS) is 20.1. The summed E-state index contributed by atoms with van der Waals surface area (Å²) in [6.45, 7) is 10.4. The number of rotatable bonds is 6. The molecule has 106 valence electrons. The summed E-state index contributed by atoms with van der Waals surface area (Å²) >= 11 is 0. The molecule has 5 nitrogen and oxygen atoms in total. The Kier molecular flexibility index (Phi) is 6.60. The van der Waals surface area contributed by atoms with Crippen molar-refractivity contribution < 1.29 is 9.53 Å². The molecule has 5 heteroatoms.